The monoisotopic (exact) mass is 336 g/mol. The van der Waals surface area contributed by atoms with Crippen LogP contribution in [0.25, 0.3) is 0 Å². The number of hydrogen-bond acceptors (Lipinski definition) is 3. The molecule has 0 radical (unpaired) electrons. The lowest BCUT2D eigenvalue weighted by Gasteiger charge is -2.35. The van der Waals surface area contributed by atoms with Crippen LogP contribution < -0.4 is 0 Å². The van der Waals surface area contributed by atoms with E-state index in [0.29, 0.717) is 6.10 Å². The van der Waals surface area contributed by atoms with E-state index in [4.69, 9.17) is 9.84 Å². The molecule has 0 bridgehead atoms. The molecule has 0 unspecified atom stereocenters. The van der Waals surface area contributed by atoms with E-state index in [1.807, 2.05) is 0 Å². The molecule has 1 N–H and O–H groups in total. The minimum absolute atomic E-state index is 0.0589. The van der Waals surface area contributed by atoms with E-state index in [-0.39, 0.29) is 6.10 Å². The number of methoxy groups -OCH3 is 1. The Kier molecular flexibility index (Phi) is 8.52. The maximum atomic E-state index is 10.5. The molecular weight excluding hydrogens is 300 g/mol. The first kappa shape index (κ1) is 19.7. The molecule has 0 aliphatic heterocycles. The van der Waals surface area contributed by atoms with Crippen LogP contribution in [0.1, 0.15) is 84.0 Å². The highest BCUT2D eigenvalue weighted by Gasteiger charge is 2.28. The van der Waals surface area contributed by atoms with Crippen molar-refractivity contribution in [1.82, 2.24) is 0 Å². The van der Waals surface area contributed by atoms with E-state index in [2.05, 4.69) is 12.9 Å². The molecule has 0 aromatic heterocycles. The summed E-state index contributed by atoms with van der Waals surface area (Å²) >= 11 is 0. The summed E-state index contributed by atoms with van der Waals surface area (Å²) < 4.78 is 5.13. The Morgan fingerprint density at radius 2 is 1.42 bits per heavy atom. The molecule has 3 fully saturated rings. The number of aliphatic hydroxyl groups excluding tert-OH is 1. The quantitative estimate of drug-likeness (QED) is 0.744. The highest BCUT2D eigenvalue weighted by atomic mass is 16.5. The van der Waals surface area contributed by atoms with Crippen molar-refractivity contribution >= 4 is 5.94 Å². The molecule has 3 aliphatic rings. The second-order valence-electron chi connectivity index (χ2n) is 8.23. The van der Waals surface area contributed by atoms with Gasteiger partial charge in [0, 0.05) is 12.7 Å². The Bertz CT molecular complexity index is 387. The molecule has 0 atom stereocenters. The summed E-state index contributed by atoms with van der Waals surface area (Å²) in [6, 6.07) is 0. The zero-order valence-corrected chi connectivity index (χ0v) is 15.6. The molecule has 3 aliphatic carbocycles. The fraction of sp³-hybridized carbons (Fsp3) is 0.905. The average molecular weight is 337 g/mol. The van der Waals surface area contributed by atoms with Crippen molar-refractivity contribution in [3.05, 3.63) is 5.57 Å². The molecule has 3 rings (SSSR count). The fourth-order valence-corrected chi connectivity index (χ4v) is 4.60. The molecule has 138 valence electrons. The van der Waals surface area contributed by atoms with Crippen molar-refractivity contribution in [2.75, 3.05) is 7.11 Å². The van der Waals surface area contributed by atoms with Crippen LogP contribution in [0.3, 0.4) is 0 Å². The van der Waals surface area contributed by atoms with Crippen molar-refractivity contribution in [3.63, 3.8) is 0 Å². The van der Waals surface area contributed by atoms with Crippen LogP contribution in [0.5, 0.6) is 0 Å². The first-order valence-corrected chi connectivity index (χ1v) is 10.1. The standard InChI is InChI=1S/C14H22O.C7H14O2/c1-11-2-6-13(7-3-11)14-8-4-12(10-15)5-9-14;1-9-7-4-2-6(8)3-5-7/h11,13-14H,2-9H2,1H3;6-8H,2-5H2,1H3. The topological polar surface area (TPSA) is 46.5 Å². The lowest BCUT2D eigenvalue weighted by molar-refractivity contribution is 0.0244. The smallest absolute Gasteiger partial charge is 0.123 e. The summed E-state index contributed by atoms with van der Waals surface area (Å²) in [4.78, 5) is 10.5. The molecule has 3 saturated carbocycles. The molecule has 24 heavy (non-hydrogen) atoms. The van der Waals surface area contributed by atoms with Crippen LogP contribution in [-0.2, 0) is 9.53 Å². The second-order valence-corrected chi connectivity index (χ2v) is 8.23. The summed E-state index contributed by atoms with van der Waals surface area (Å²) in [5, 5.41) is 9.07. The van der Waals surface area contributed by atoms with Gasteiger partial charge >= 0.3 is 0 Å². The molecule has 0 heterocycles. The van der Waals surface area contributed by atoms with Crippen molar-refractivity contribution in [2.45, 2.75) is 96.2 Å². The summed E-state index contributed by atoms with van der Waals surface area (Å²) in [5.74, 6) is 4.93. The van der Waals surface area contributed by atoms with E-state index >= 15 is 0 Å². The van der Waals surface area contributed by atoms with Crippen LogP contribution in [-0.4, -0.2) is 30.4 Å². The third kappa shape index (κ3) is 6.35. The van der Waals surface area contributed by atoms with Crippen molar-refractivity contribution in [2.24, 2.45) is 17.8 Å². The van der Waals surface area contributed by atoms with E-state index < -0.39 is 0 Å². The minimum atomic E-state index is -0.0589. The van der Waals surface area contributed by atoms with Gasteiger partial charge in [-0.3, -0.25) is 0 Å². The van der Waals surface area contributed by atoms with Gasteiger partial charge in [-0.05, 0) is 82.0 Å². The minimum Gasteiger partial charge on any atom is -0.393 e. The predicted octanol–water partition coefficient (Wildman–Crippen LogP) is 4.70. The maximum Gasteiger partial charge on any atom is 0.123 e. The molecule has 0 saturated heterocycles. The first-order chi connectivity index (χ1) is 11.6. The third-order valence-corrected chi connectivity index (χ3v) is 6.48. The van der Waals surface area contributed by atoms with Crippen molar-refractivity contribution < 1.29 is 14.6 Å². The average Bonchev–Trinajstić information content (AvgIpc) is 2.64. The Morgan fingerprint density at radius 3 is 1.92 bits per heavy atom. The summed E-state index contributed by atoms with van der Waals surface area (Å²) in [7, 11) is 1.74. The van der Waals surface area contributed by atoms with E-state index in [1.165, 1.54) is 38.5 Å². The fourth-order valence-electron chi connectivity index (χ4n) is 4.60. The Morgan fingerprint density at radius 1 is 0.875 bits per heavy atom. The van der Waals surface area contributed by atoms with Gasteiger partial charge in [-0.25, -0.2) is 4.79 Å². The molecule has 0 amide bonds. The van der Waals surface area contributed by atoms with Gasteiger partial charge in [-0.15, -0.1) is 0 Å². The molecular formula is C21H36O3. The van der Waals surface area contributed by atoms with Gasteiger partial charge < -0.3 is 9.84 Å². The number of hydrogen-bond donors (Lipinski definition) is 1. The Hall–Kier alpha value is -0.630. The van der Waals surface area contributed by atoms with Crippen molar-refractivity contribution in [3.8, 4) is 0 Å². The normalized spacial score (nSPS) is 37.1. The number of aliphatic hydroxyl groups is 1. The van der Waals surface area contributed by atoms with E-state index in [1.54, 1.807) is 7.11 Å². The number of rotatable bonds is 2. The van der Waals surface area contributed by atoms with E-state index in [0.717, 1.165) is 61.9 Å². The number of carbonyl (C=O) groups excluding carboxylic acids is 1. The lowest BCUT2D eigenvalue weighted by Crippen LogP contribution is -2.23. The predicted molar refractivity (Wildman–Crippen MR) is 97.6 cm³/mol. The van der Waals surface area contributed by atoms with Gasteiger partial charge in [0.2, 0.25) is 0 Å². The van der Waals surface area contributed by atoms with Gasteiger partial charge in [0.1, 0.15) is 5.94 Å². The lowest BCUT2D eigenvalue weighted by atomic mass is 9.71. The third-order valence-electron chi connectivity index (χ3n) is 6.48. The van der Waals surface area contributed by atoms with E-state index in [9.17, 15) is 4.79 Å². The zero-order chi connectivity index (χ0) is 17.4. The van der Waals surface area contributed by atoms with Crippen LogP contribution >= 0.6 is 0 Å². The maximum absolute atomic E-state index is 10.5. The molecule has 0 spiro atoms. The number of ether oxygens (including phenoxy) is 1. The highest BCUT2D eigenvalue weighted by molar-refractivity contribution is 5.52. The SMILES string of the molecule is CC1CCC(C2CCC(=C=O)CC2)CC1.COC1CCC(O)CC1. The van der Waals surface area contributed by atoms with Crippen LogP contribution in [0, 0.1) is 17.8 Å². The van der Waals surface area contributed by atoms with Crippen molar-refractivity contribution in [1.29, 1.82) is 0 Å². The summed E-state index contributed by atoms with van der Waals surface area (Å²) in [5.41, 5.74) is 1.04. The first-order valence-electron chi connectivity index (χ1n) is 10.1. The summed E-state index contributed by atoms with van der Waals surface area (Å²) in [6.45, 7) is 2.38. The van der Waals surface area contributed by atoms with Gasteiger partial charge in [-0.2, -0.15) is 0 Å². The van der Waals surface area contributed by atoms with Gasteiger partial charge in [-0.1, -0.05) is 19.8 Å². The molecule has 3 heteroatoms. The highest BCUT2D eigenvalue weighted by Crippen LogP contribution is 2.40. The summed E-state index contributed by atoms with van der Waals surface area (Å²) in [6.07, 6.45) is 14.5. The molecule has 0 aromatic carbocycles. The zero-order valence-electron chi connectivity index (χ0n) is 15.6. The van der Waals surface area contributed by atoms with Gasteiger partial charge in [0.15, 0.2) is 0 Å². The van der Waals surface area contributed by atoms with Crippen LogP contribution in [0.2, 0.25) is 0 Å². The largest absolute Gasteiger partial charge is 0.393 e. The Balaban J connectivity index is 0.000000198. The van der Waals surface area contributed by atoms with Crippen LogP contribution in [0.4, 0.5) is 0 Å². The molecule has 3 nitrogen and oxygen atoms in total. The van der Waals surface area contributed by atoms with Crippen LogP contribution in [0.15, 0.2) is 5.57 Å². The molecule has 0 aromatic rings. The second kappa shape index (κ2) is 10.4. The number of allylic oxidation sites excluding steroid dienone is 1. The van der Waals surface area contributed by atoms with Gasteiger partial charge in [0.25, 0.3) is 0 Å². The Labute approximate surface area is 147 Å². The van der Waals surface area contributed by atoms with Gasteiger partial charge in [0.05, 0.1) is 12.2 Å².